The topological polar surface area (TPSA) is 125 Å². The number of hydrazine groups is 4. The van der Waals surface area contributed by atoms with E-state index in [1.54, 1.807) is 12.1 Å². The van der Waals surface area contributed by atoms with E-state index in [9.17, 15) is 14.8 Å². The number of hydrogen-bond donors (Lipinski definition) is 2. The second-order valence-electron chi connectivity index (χ2n) is 5.16. The average Bonchev–Trinajstić information content (AvgIpc) is 2.81. The fourth-order valence-corrected chi connectivity index (χ4v) is 2.62. The summed E-state index contributed by atoms with van der Waals surface area (Å²) in [5.74, 6) is 4.73. The predicted octanol–water partition coefficient (Wildman–Crippen LogP) is 1.38. The third-order valence-electron chi connectivity index (χ3n) is 3.36. The second kappa shape index (κ2) is 8.65. The summed E-state index contributed by atoms with van der Waals surface area (Å²) in [6.07, 6.45) is -0.00887. The molecular weight excluding hydrogens is 398 g/mol. The second-order valence-corrected chi connectivity index (χ2v) is 5.87. The summed E-state index contributed by atoms with van der Waals surface area (Å²) < 4.78 is 5.06. The number of halogens is 1. The normalized spacial score (nSPS) is 15.0. The van der Waals surface area contributed by atoms with Gasteiger partial charge in [0, 0.05) is 11.5 Å². The van der Waals surface area contributed by atoms with Gasteiger partial charge in [-0.2, -0.15) is 10.6 Å². The number of carboxylic acid groups (broad SMARTS) is 1. The maximum Gasteiger partial charge on any atom is 0.529 e. The number of carbonyl (C=O) groups excluding carboxylic acids is 1. The molecule has 10 nitrogen and oxygen atoms in total. The Morgan fingerprint density at radius 3 is 2.60 bits per heavy atom. The fraction of sp³-hybridized carbons (Fsp3) is 0.357. The summed E-state index contributed by atoms with van der Waals surface area (Å²) in [6.45, 7) is 0.199. The third-order valence-corrected chi connectivity index (χ3v) is 4.00. The lowest BCUT2D eigenvalue weighted by atomic mass is 10.2. The summed E-state index contributed by atoms with van der Waals surface area (Å²) in [5.41, 5.74) is 0.794. The van der Waals surface area contributed by atoms with Gasteiger partial charge in [0.15, 0.2) is 0 Å². The van der Waals surface area contributed by atoms with Gasteiger partial charge in [-0.05, 0) is 23.4 Å². The highest BCUT2D eigenvalue weighted by atomic mass is 79.9. The van der Waals surface area contributed by atoms with Gasteiger partial charge in [-0.25, -0.2) is 0 Å². The Balaban J connectivity index is 1.98. The molecule has 1 aliphatic rings. The van der Waals surface area contributed by atoms with E-state index < -0.39 is 12.1 Å². The molecule has 0 spiro atoms. The van der Waals surface area contributed by atoms with Gasteiger partial charge in [0.1, 0.15) is 6.61 Å². The standard InChI is InChI=1S/C14H18BrN5O5/c15-13-18(14(23)25-10-11-6-2-1-3-7-11)17(20(16)19(13)24)9-5-4-8-12(21)22/h1-3,6-7H,4-5,8-10,16H2,(H,21,22). The lowest BCUT2D eigenvalue weighted by molar-refractivity contribution is -0.672. The maximum absolute atomic E-state index is 12.3. The summed E-state index contributed by atoms with van der Waals surface area (Å²) >= 11 is 3.01. The first-order valence-electron chi connectivity index (χ1n) is 7.46. The lowest BCUT2D eigenvalue weighted by Crippen LogP contribution is -2.54. The molecule has 0 aromatic heterocycles. The number of aliphatic carboxylic acids is 1. The molecule has 1 aromatic rings. The van der Waals surface area contributed by atoms with Crippen LogP contribution in [0.3, 0.4) is 0 Å². The minimum Gasteiger partial charge on any atom is -0.690 e. The van der Waals surface area contributed by atoms with Gasteiger partial charge in [-0.3, -0.25) is 4.79 Å². The van der Waals surface area contributed by atoms with Crippen molar-refractivity contribution >= 4 is 32.7 Å². The zero-order chi connectivity index (χ0) is 18.4. The van der Waals surface area contributed by atoms with Crippen LogP contribution in [0.15, 0.2) is 30.3 Å². The predicted molar refractivity (Wildman–Crippen MR) is 90.2 cm³/mol. The number of ether oxygens (including phenoxy) is 1. The molecular formula is C14H18BrN5O5. The Labute approximate surface area is 152 Å². The Hall–Kier alpha value is -2.37. The van der Waals surface area contributed by atoms with Crippen LogP contribution >= 0.6 is 15.9 Å². The van der Waals surface area contributed by atoms with Crippen molar-refractivity contribution in [3.8, 4) is 0 Å². The van der Waals surface area contributed by atoms with Gasteiger partial charge in [-0.15, -0.1) is 4.85 Å². The minimum absolute atomic E-state index is 0.0111. The molecule has 11 heteroatoms. The summed E-state index contributed by atoms with van der Waals surface area (Å²) in [6, 6.07) is 9.08. The van der Waals surface area contributed by atoms with Crippen molar-refractivity contribution in [1.82, 2.24) is 15.4 Å². The molecule has 25 heavy (non-hydrogen) atoms. The highest BCUT2D eigenvalue weighted by Crippen LogP contribution is 2.18. The van der Waals surface area contributed by atoms with Gasteiger partial charge in [0.05, 0.1) is 22.5 Å². The Kier molecular flexibility index (Phi) is 6.56. The number of carboxylic acids is 1. The van der Waals surface area contributed by atoms with Gasteiger partial charge in [0.25, 0.3) is 0 Å². The summed E-state index contributed by atoms with van der Waals surface area (Å²) in [5, 5.41) is 23.4. The van der Waals surface area contributed by atoms with Crippen LogP contribution in [0.4, 0.5) is 4.79 Å². The molecule has 0 saturated carbocycles. The van der Waals surface area contributed by atoms with E-state index in [2.05, 4.69) is 15.9 Å². The number of nitrogens with zero attached hydrogens (tertiary/aromatic N) is 4. The number of rotatable bonds is 7. The van der Waals surface area contributed by atoms with Crippen LogP contribution in [0.25, 0.3) is 0 Å². The first kappa shape index (κ1) is 19.0. The van der Waals surface area contributed by atoms with E-state index >= 15 is 0 Å². The van der Waals surface area contributed by atoms with Crippen LogP contribution in [0, 0.1) is 5.21 Å². The van der Waals surface area contributed by atoms with Crippen molar-refractivity contribution in [2.75, 3.05) is 6.54 Å². The van der Waals surface area contributed by atoms with Crippen LogP contribution in [0.1, 0.15) is 24.8 Å². The molecule has 1 heterocycles. The molecule has 0 atom stereocenters. The van der Waals surface area contributed by atoms with Gasteiger partial charge in [-0.1, -0.05) is 35.6 Å². The van der Waals surface area contributed by atoms with Crippen LogP contribution in [0.2, 0.25) is 0 Å². The molecule has 0 fully saturated rings. The highest BCUT2D eigenvalue weighted by Gasteiger charge is 2.46. The number of hydrazone groups is 1. The Morgan fingerprint density at radius 1 is 1.28 bits per heavy atom. The molecule has 0 saturated heterocycles. The van der Waals surface area contributed by atoms with E-state index in [0.29, 0.717) is 18.1 Å². The van der Waals surface area contributed by atoms with Crippen LogP contribution in [0.5, 0.6) is 0 Å². The van der Waals surface area contributed by atoms with Gasteiger partial charge < -0.3 is 15.1 Å². The van der Waals surface area contributed by atoms with Gasteiger partial charge >= 0.3 is 16.8 Å². The van der Waals surface area contributed by atoms with E-state index in [0.717, 1.165) is 10.6 Å². The molecule has 136 valence electrons. The van der Waals surface area contributed by atoms with Gasteiger partial charge in [0.2, 0.25) is 0 Å². The number of hydrogen-bond acceptors (Lipinski definition) is 7. The van der Waals surface area contributed by atoms with Crippen molar-refractivity contribution in [1.29, 1.82) is 0 Å². The minimum atomic E-state index is -0.914. The number of amides is 1. The zero-order valence-electron chi connectivity index (χ0n) is 13.2. The van der Waals surface area contributed by atoms with E-state index in [-0.39, 0.29) is 29.2 Å². The Morgan fingerprint density at radius 2 is 1.96 bits per heavy atom. The number of unbranched alkanes of at least 4 members (excludes halogenated alkanes) is 1. The molecule has 0 aliphatic carbocycles. The van der Waals surface area contributed by atoms with E-state index in [4.69, 9.17) is 15.7 Å². The first-order chi connectivity index (χ1) is 11.9. The van der Waals surface area contributed by atoms with Crippen molar-refractivity contribution in [3.05, 3.63) is 41.1 Å². The number of carbonyl (C=O) groups is 2. The molecule has 1 aromatic carbocycles. The van der Waals surface area contributed by atoms with Crippen molar-refractivity contribution in [2.45, 2.75) is 25.9 Å². The highest BCUT2D eigenvalue weighted by molar-refractivity contribution is 9.18. The van der Waals surface area contributed by atoms with Crippen LogP contribution in [-0.4, -0.2) is 48.7 Å². The maximum atomic E-state index is 12.3. The number of nitrogens with two attached hydrogens (primary N) is 1. The molecule has 3 N–H and O–H groups in total. The lowest BCUT2D eigenvalue weighted by Gasteiger charge is -2.23. The monoisotopic (exact) mass is 415 g/mol. The quantitative estimate of drug-likeness (QED) is 0.225. The van der Waals surface area contributed by atoms with Crippen molar-refractivity contribution < 1.29 is 24.3 Å². The van der Waals surface area contributed by atoms with Crippen LogP contribution < -0.4 is 5.84 Å². The van der Waals surface area contributed by atoms with E-state index in [1.165, 1.54) is 5.12 Å². The molecule has 0 bridgehead atoms. The summed E-state index contributed by atoms with van der Waals surface area (Å²) in [7, 11) is 0. The third kappa shape index (κ3) is 4.81. The average molecular weight is 416 g/mol. The molecule has 1 amide bonds. The number of amidine groups is 1. The molecule has 1 aliphatic heterocycles. The Bertz CT molecular complexity index is 656. The fourth-order valence-electron chi connectivity index (χ4n) is 2.13. The zero-order valence-corrected chi connectivity index (χ0v) is 14.8. The largest absolute Gasteiger partial charge is 0.690 e. The molecule has 0 unspecified atom stereocenters. The van der Waals surface area contributed by atoms with Crippen molar-refractivity contribution in [2.24, 2.45) is 5.84 Å². The van der Waals surface area contributed by atoms with E-state index in [1.807, 2.05) is 18.2 Å². The smallest absolute Gasteiger partial charge is 0.529 e. The summed E-state index contributed by atoms with van der Waals surface area (Å²) in [4.78, 5) is 23.2. The first-order valence-corrected chi connectivity index (χ1v) is 8.25. The number of benzene rings is 1. The molecule has 2 rings (SSSR count). The van der Waals surface area contributed by atoms with Crippen LogP contribution in [-0.2, 0) is 16.1 Å². The SMILES string of the molecule is NN1N(CCCCC(=O)O)N(C(=O)OCc2ccccc2)C(Br)=[N+]1[O-]. The molecule has 0 radical (unpaired) electrons. The van der Waals surface area contributed by atoms with Crippen molar-refractivity contribution in [3.63, 3.8) is 0 Å².